The number of carbonyl (C=O) groups excluding carboxylic acids is 1. The van der Waals surface area contributed by atoms with E-state index in [1.165, 1.54) is 14.0 Å². The molecule has 0 radical (unpaired) electrons. The van der Waals surface area contributed by atoms with E-state index in [0.29, 0.717) is 0 Å². The third kappa shape index (κ3) is 1.76. The molecule has 2 nitrogen and oxygen atoms in total. The topological polar surface area (TPSA) is 26.3 Å². The number of ether oxygens (including phenoxy) is 1. The summed E-state index contributed by atoms with van der Waals surface area (Å²) in [5, 5.41) is 0. The van der Waals surface area contributed by atoms with Gasteiger partial charge >= 0.3 is 5.97 Å². The van der Waals surface area contributed by atoms with Crippen molar-refractivity contribution in [3.8, 4) is 0 Å². The first-order chi connectivity index (χ1) is 3.18. The molecule has 1 atom stereocenters. The van der Waals surface area contributed by atoms with E-state index in [4.69, 9.17) is 1.37 Å². The Bertz CT molecular complexity index is 70.1. The lowest BCUT2D eigenvalue weighted by atomic mass is 10.5. The second-order valence-corrected chi connectivity index (χ2v) is 0.812. The SMILES string of the molecule is [2H]C(C)C(=O)OC. The van der Waals surface area contributed by atoms with Crippen LogP contribution >= 0.6 is 0 Å². The molecule has 0 N–H and O–H groups in total. The van der Waals surface area contributed by atoms with Crippen LogP contribution in [0, 0.1) is 0 Å². The summed E-state index contributed by atoms with van der Waals surface area (Å²) in [6.45, 7) is 1.46. The fraction of sp³-hybridized carbons (Fsp3) is 0.750. The molecular weight excluding hydrogens is 80.0 g/mol. The van der Waals surface area contributed by atoms with Crippen LogP contribution in [0.25, 0.3) is 0 Å². The third-order valence-corrected chi connectivity index (χ3v) is 0.437. The summed E-state index contributed by atoms with van der Waals surface area (Å²) >= 11 is 0. The van der Waals surface area contributed by atoms with Crippen LogP contribution in [0.1, 0.15) is 14.7 Å². The minimum atomic E-state index is -0.745. The van der Waals surface area contributed by atoms with Gasteiger partial charge in [-0.1, -0.05) is 6.92 Å². The Balaban J connectivity index is 3.35. The molecule has 0 saturated carbocycles. The quantitative estimate of drug-likeness (QED) is 0.439. The molecule has 0 saturated heterocycles. The number of hydrogen-bond acceptors (Lipinski definition) is 2. The van der Waals surface area contributed by atoms with E-state index in [-0.39, 0.29) is 0 Å². The fourth-order valence-electron chi connectivity index (χ4n) is 0.118. The first-order valence-corrected chi connectivity index (χ1v) is 1.68. The minimum absolute atomic E-state index is 0.486. The second kappa shape index (κ2) is 2.69. The monoisotopic (exact) mass is 89.1 g/mol. The van der Waals surface area contributed by atoms with Crippen molar-refractivity contribution < 1.29 is 10.9 Å². The average molecular weight is 89.1 g/mol. The average Bonchev–Trinajstić information content (AvgIpc) is 1.65. The molecule has 0 aromatic heterocycles. The summed E-state index contributed by atoms with van der Waals surface area (Å²) in [5.74, 6) is -0.486. The van der Waals surface area contributed by atoms with Crippen molar-refractivity contribution in [2.45, 2.75) is 13.3 Å². The highest BCUT2D eigenvalue weighted by Gasteiger charge is 1.87. The number of rotatable bonds is 1. The predicted octanol–water partition coefficient (Wildman–Crippen LogP) is 0.569. The molecule has 0 spiro atoms. The van der Waals surface area contributed by atoms with E-state index in [2.05, 4.69) is 4.74 Å². The van der Waals surface area contributed by atoms with Crippen molar-refractivity contribution in [3.63, 3.8) is 0 Å². The standard InChI is InChI=1S/C4H8O2/c1-3-4(5)6-2/h3H2,1-2H3/i3D. The molecule has 0 aromatic carbocycles. The normalized spacial score (nSPS) is 15.3. The Morgan fingerprint density at radius 3 is 2.67 bits per heavy atom. The van der Waals surface area contributed by atoms with Gasteiger partial charge in [-0.15, -0.1) is 0 Å². The lowest BCUT2D eigenvalue weighted by molar-refractivity contribution is -0.140. The molecule has 0 aliphatic rings. The molecule has 0 fully saturated rings. The Labute approximate surface area is 38.5 Å². The highest BCUT2D eigenvalue weighted by molar-refractivity contribution is 5.68. The van der Waals surface area contributed by atoms with Crippen molar-refractivity contribution in [2.24, 2.45) is 0 Å². The summed E-state index contributed by atoms with van der Waals surface area (Å²) < 4.78 is 10.9. The summed E-state index contributed by atoms with van der Waals surface area (Å²) in [7, 11) is 1.27. The maximum atomic E-state index is 10.1. The van der Waals surface area contributed by atoms with Crippen LogP contribution in [0.5, 0.6) is 0 Å². The molecule has 0 heterocycles. The first kappa shape index (κ1) is 3.65. The fourth-order valence-corrected chi connectivity index (χ4v) is 0.118. The molecule has 0 aliphatic heterocycles. The molecular formula is C4H8O2. The van der Waals surface area contributed by atoms with E-state index in [1.807, 2.05) is 0 Å². The Morgan fingerprint density at radius 1 is 2.17 bits per heavy atom. The summed E-state index contributed by atoms with van der Waals surface area (Å²) in [6, 6.07) is 0. The number of methoxy groups -OCH3 is 1. The van der Waals surface area contributed by atoms with Crippen LogP contribution in [-0.4, -0.2) is 13.1 Å². The van der Waals surface area contributed by atoms with E-state index >= 15 is 0 Å². The Kier molecular flexibility index (Phi) is 1.64. The smallest absolute Gasteiger partial charge is 0.305 e. The molecule has 1 unspecified atom stereocenters. The van der Waals surface area contributed by atoms with E-state index in [0.717, 1.165) is 0 Å². The zero-order valence-corrected chi connectivity index (χ0v) is 3.89. The van der Waals surface area contributed by atoms with Gasteiger partial charge in [-0.3, -0.25) is 4.79 Å². The lowest BCUT2D eigenvalue weighted by Gasteiger charge is -1.87. The Hall–Kier alpha value is -0.530. The van der Waals surface area contributed by atoms with Crippen LogP contribution in [0.15, 0.2) is 0 Å². The maximum Gasteiger partial charge on any atom is 0.305 e. The molecule has 2 heteroatoms. The minimum Gasteiger partial charge on any atom is -0.469 e. The van der Waals surface area contributed by atoms with E-state index in [9.17, 15) is 4.79 Å². The first-order valence-electron chi connectivity index (χ1n) is 2.26. The van der Waals surface area contributed by atoms with Crippen molar-refractivity contribution >= 4 is 5.97 Å². The van der Waals surface area contributed by atoms with Crippen LogP contribution in [0.4, 0.5) is 0 Å². The Morgan fingerprint density at radius 2 is 2.67 bits per heavy atom. The zero-order chi connectivity index (χ0) is 5.86. The van der Waals surface area contributed by atoms with Crippen molar-refractivity contribution in [1.29, 1.82) is 0 Å². The van der Waals surface area contributed by atoms with Gasteiger partial charge in [0, 0.05) is 7.77 Å². The van der Waals surface area contributed by atoms with Crippen molar-refractivity contribution in [3.05, 3.63) is 0 Å². The van der Waals surface area contributed by atoms with Crippen molar-refractivity contribution in [2.75, 3.05) is 7.11 Å². The van der Waals surface area contributed by atoms with Gasteiger partial charge in [-0.05, 0) is 0 Å². The van der Waals surface area contributed by atoms with Crippen LogP contribution in [0.2, 0.25) is 0 Å². The molecule has 0 bridgehead atoms. The lowest BCUT2D eigenvalue weighted by Crippen LogP contribution is -1.94. The highest BCUT2D eigenvalue weighted by atomic mass is 16.5. The van der Waals surface area contributed by atoms with Gasteiger partial charge in [-0.2, -0.15) is 0 Å². The van der Waals surface area contributed by atoms with Crippen molar-refractivity contribution in [1.82, 2.24) is 0 Å². The molecule has 6 heavy (non-hydrogen) atoms. The summed E-state index contributed by atoms with van der Waals surface area (Å²) in [4.78, 5) is 10.1. The largest absolute Gasteiger partial charge is 0.469 e. The molecule has 0 amide bonds. The predicted molar refractivity (Wildman–Crippen MR) is 22.3 cm³/mol. The van der Waals surface area contributed by atoms with Crippen LogP contribution < -0.4 is 0 Å². The van der Waals surface area contributed by atoms with E-state index in [1.54, 1.807) is 0 Å². The third-order valence-electron chi connectivity index (χ3n) is 0.437. The number of esters is 1. The van der Waals surface area contributed by atoms with Crippen LogP contribution in [0.3, 0.4) is 0 Å². The molecule has 0 aromatic rings. The van der Waals surface area contributed by atoms with Gasteiger partial charge in [0.15, 0.2) is 0 Å². The van der Waals surface area contributed by atoms with Gasteiger partial charge in [0.2, 0.25) is 0 Å². The molecule has 0 rings (SSSR count). The summed E-state index contributed by atoms with van der Waals surface area (Å²) in [5.41, 5.74) is 0. The maximum absolute atomic E-state index is 10.1. The highest BCUT2D eigenvalue weighted by Crippen LogP contribution is 1.76. The van der Waals surface area contributed by atoms with E-state index < -0.39 is 12.4 Å². The van der Waals surface area contributed by atoms with Gasteiger partial charge < -0.3 is 4.74 Å². The van der Waals surface area contributed by atoms with Gasteiger partial charge in [0.25, 0.3) is 0 Å². The van der Waals surface area contributed by atoms with Gasteiger partial charge in [-0.25, -0.2) is 0 Å². The number of carbonyl (C=O) groups is 1. The zero-order valence-electron chi connectivity index (χ0n) is 4.89. The second-order valence-electron chi connectivity index (χ2n) is 0.812. The summed E-state index contributed by atoms with van der Waals surface area (Å²) in [6.07, 6.45) is -0.745. The van der Waals surface area contributed by atoms with Crippen LogP contribution in [-0.2, 0) is 9.53 Å². The van der Waals surface area contributed by atoms with Gasteiger partial charge in [0.1, 0.15) is 0 Å². The van der Waals surface area contributed by atoms with Gasteiger partial charge in [0.05, 0.1) is 7.11 Å². The number of hydrogen-bond donors (Lipinski definition) is 0. The molecule has 36 valence electrons. The molecule has 0 aliphatic carbocycles.